The number of aromatic hydroxyl groups is 4. The van der Waals surface area contributed by atoms with Crippen LogP contribution < -0.4 is 0 Å². The van der Waals surface area contributed by atoms with Crippen molar-refractivity contribution in [1.29, 1.82) is 0 Å². The summed E-state index contributed by atoms with van der Waals surface area (Å²) >= 11 is 0. The van der Waals surface area contributed by atoms with Crippen LogP contribution in [0.2, 0.25) is 0 Å². The molecule has 1 heterocycles. The molecule has 1 saturated heterocycles. The van der Waals surface area contributed by atoms with Crippen molar-refractivity contribution in [3.05, 3.63) is 47.5 Å². The van der Waals surface area contributed by atoms with Crippen molar-refractivity contribution < 1.29 is 20.4 Å². The Bertz CT molecular complexity index is 651. The maximum absolute atomic E-state index is 9.89. The second kappa shape index (κ2) is 6.98. The zero-order chi connectivity index (χ0) is 17.1. The second-order valence-corrected chi connectivity index (χ2v) is 6.12. The Labute approximate surface area is 140 Å². The summed E-state index contributed by atoms with van der Waals surface area (Å²) in [7, 11) is 0. The van der Waals surface area contributed by atoms with Gasteiger partial charge in [0.25, 0.3) is 0 Å². The van der Waals surface area contributed by atoms with Gasteiger partial charge in [-0.25, -0.2) is 0 Å². The van der Waals surface area contributed by atoms with Gasteiger partial charge in [-0.05, 0) is 12.1 Å². The number of rotatable bonds is 4. The van der Waals surface area contributed by atoms with Gasteiger partial charge in [0, 0.05) is 50.4 Å². The number of piperazine rings is 1. The van der Waals surface area contributed by atoms with Crippen LogP contribution in [0.15, 0.2) is 36.4 Å². The Morgan fingerprint density at radius 1 is 0.625 bits per heavy atom. The van der Waals surface area contributed by atoms with E-state index < -0.39 is 0 Å². The van der Waals surface area contributed by atoms with Crippen LogP contribution in [-0.2, 0) is 13.1 Å². The largest absolute Gasteiger partial charge is 0.504 e. The summed E-state index contributed by atoms with van der Waals surface area (Å²) in [5, 5.41) is 38.9. The fourth-order valence-corrected chi connectivity index (χ4v) is 3.00. The molecule has 0 bridgehead atoms. The highest BCUT2D eigenvalue weighted by Gasteiger charge is 2.20. The maximum atomic E-state index is 9.89. The first kappa shape index (κ1) is 16.4. The van der Waals surface area contributed by atoms with Crippen LogP contribution in [0.25, 0.3) is 0 Å². The van der Waals surface area contributed by atoms with Crippen molar-refractivity contribution in [2.75, 3.05) is 26.2 Å². The number of phenolic OH excluding ortho intramolecular Hbond substituents is 4. The highest BCUT2D eigenvalue weighted by Crippen LogP contribution is 2.30. The Morgan fingerprint density at radius 3 is 1.38 bits per heavy atom. The topological polar surface area (TPSA) is 87.4 Å². The summed E-state index contributed by atoms with van der Waals surface area (Å²) in [5.41, 5.74) is 1.43. The molecule has 0 radical (unpaired) electrons. The van der Waals surface area contributed by atoms with Crippen molar-refractivity contribution in [1.82, 2.24) is 9.80 Å². The van der Waals surface area contributed by atoms with Crippen molar-refractivity contribution >= 4 is 0 Å². The van der Waals surface area contributed by atoms with E-state index in [-0.39, 0.29) is 23.0 Å². The highest BCUT2D eigenvalue weighted by atomic mass is 16.3. The number of hydrogen-bond donors (Lipinski definition) is 4. The molecule has 0 unspecified atom stereocenters. The molecule has 3 rings (SSSR count). The predicted molar refractivity (Wildman–Crippen MR) is 90.1 cm³/mol. The lowest BCUT2D eigenvalue weighted by molar-refractivity contribution is 0.120. The van der Waals surface area contributed by atoms with E-state index in [4.69, 9.17) is 0 Å². The van der Waals surface area contributed by atoms with Crippen LogP contribution in [0.1, 0.15) is 11.1 Å². The van der Waals surface area contributed by atoms with E-state index in [0.29, 0.717) is 24.2 Å². The average Bonchev–Trinajstić information content (AvgIpc) is 2.58. The molecule has 0 amide bonds. The molecule has 0 aromatic heterocycles. The predicted octanol–water partition coefficient (Wildman–Crippen LogP) is 1.83. The van der Waals surface area contributed by atoms with E-state index in [9.17, 15) is 20.4 Å². The molecule has 0 saturated carbocycles. The third kappa shape index (κ3) is 3.55. The van der Waals surface area contributed by atoms with Crippen molar-refractivity contribution in [2.24, 2.45) is 0 Å². The molecule has 0 atom stereocenters. The molecular weight excluding hydrogens is 308 g/mol. The first-order valence-corrected chi connectivity index (χ1v) is 7.99. The van der Waals surface area contributed by atoms with E-state index in [1.54, 1.807) is 12.1 Å². The number of para-hydroxylation sites is 2. The van der Waals surface area contributed by atoms with Gasteiger partial charge in [0.2, 0.25) is 0 Å². The molecule has 0 aliphatic carbocycles. The normalized spacial score (nSPS) is 16.3. The molecule has 4 N–H and O–H groups in total. The minimum Gasteiger partial charge on any atom is -0.504 e. The molecule has 24 heavy (non-hydrogen) atoms. The molecule has 1 fully saturated rings. The van der Waals surface area contributed by atoms with Gasteiger partial charge in [-0.1, -0.05) is 24.3 Å². The maximum Gasteiger partial charge on any atom is 0.161 e. The molecule has 128 valence electrons. The van der Waals surface area contributed by atoms with Gasteiger partial charge in [-0.2, -0.15) is 0 Å². The van der Waals surface area contributed by atoms with E-state index in [0.717, 1.165) is 26.2 Å². The highest BCUT2D eigenvalue weighted by molar-refractivity contribution is 5.45. The summed E-state index contributed by atoms with van der Waals surface area (Å²) < 4.78 is 0. The molecule has 2 aromatic carbocycles. The Balaban J connectivity index is 1.56. The zero-order valence-corrected chi connectivity index (χ0v) is 13.4. The summed E-state index contributed by atoms with van der Waals surface area (Å²) in [4.78, 5) is 4.43. The number of hydrogen-bond acceptors (Lipinski definition) is 6. The summed E-state index contributed by atoms with van der Waals surface area (Å²) in [6.07, 6.45) is 0. The molecule has 6 nitrogen and oxygen atoms in total. The SMILES string of the molecule is Oc1cccc(CN2CCN(Cc3cccc(O)c3O)CC2)c1O. The van der Waals surface area contributed by atoms with Gasteiger partial charge >= 0.3 is 0 Å². The van der Waals surface area contributed by atoms with Gasteiger partial charge < -0.3 is 20.4 Å². The summed E-state index contributed by atoms with van der Waals surface area (Å²) in [5.74, 6) is -0.287. The average molecular weight is 330 g/mol. The molecule has 2 aromatic rings. The Morgan fingerprint density at radius 2 is 1.00 bits per heavy atom. The molecular formula is C18H22N2O4. The van der Waals surface area contributed by atoms with Gasteiger partial charge in [0.05, 0.1) is 0 Å². The van der Waals surface area contributed by atoms with E-state index in [2.05, 4.69) is 9.80 Å². The van der Waals surface area contributed by atoms with Crippen LogP contribution in [0.4, 0.5) is 0 Å². The third-order valence-electron chi connectivity index (χ3n) is 4.45. The van der Waals surface area contributed by atoms with Gasteiger partial charge in [-0.3, -0.25) is 9.80 Å². The number of nitrogens with zero attached hydrogens (tertiary/aromatic N) is 2. The molecule has 1 aliphatic heterocycles. The number of benzene rings is 2. The van der Waals surface area contributed by atoms with Crippen LogP contribution >= 0.6 is 0 Å². The van der Waals surface area contributed by atoms with Gasteiger partial charge in [-0.15, -0.1) is 0 Å². The Hall–Kier alpha value is -2.44. The van der Waals surface area contributed by atoms with Crippen LogP contribution in [0.5, 0.6) is 23.0 Å². The van der Waals surface area contributed by atoms with E-state index in [1.807, 2.05) is 12.1 Å². The molecule has 1 aliphatic rings. The fourth-order valence-electron chi connectivity index (χ4n) is 3.00. The quantitative estimate of drug-likeness (QED) is 0.640. The summed E-state index contributed by atoms with van der Waals surface area (Å²) in [6, 6.07) is 10.0. The van der Waals surface area contributed by atoms with Crippen molar-refractivity contribution in [3.63, 3.8) is 0 Å². The fraction of sp³-hybridized carbons (Fsp3) is 0.333. The second-order valence-electron chi connectivity index (χ2n) is 6.12. The van der Waals surface area contributed by atoms with Gasteiger partial charge in [0.15, 0.2) is 23.0 Å². The summed E-state index contributed by atoms with van der Waals surface area (Å²) in [6.45, 7) is 4.49. The van der Waals surface area contributed by atoms with Crippen LogP contribution in [0, 0.1) is 0 Å². The molecule has 6 heteroatoms. The first-order valence-electron chi connectivity index (χ1n) is 7.99. The van der Waals surface area contributed by atoms with E-state index >= 15 is 0 Å². The lowest BCUT2D eigenvalue weighted by Crippen LogP contribution is -2.45. The lowest BCUT2D eigenvalue weighted by Gasteiger charge is -2.35. The van der Waals surface area contributed by atoms with Crippen LogP contribution in [-0.4, -0.2) is 56.4 Å². The van der Waals surface area contributed by atoms with Crippen molar-refractivity contribution in [2.45, 2.75) is 13.1 Å². The Kier molecular flexibility index (Phi) is 4.78. The smallest absolute Gasteiger partial charge is 0.161 e. The third-order valence-corrected chi connectivity index (χ3v) is 4.45. The molecule has 0 spiro atoms. The zero-order valence-electron chi connectivity index (χ0n) is 13.4. The van der Waals surface area contributed by atoms with E-state index in [1.165, 1.54) is 12.1 Å². The monoisotopic (exact) mass is 330 g/mol. The minimum atomic E-state index is -0.0921. The standard InChI is InChI=1S/C18H22N2O4/c21-15-5-1-3-13(17(15)23)11-19-7-9-20(10-8-19)12-14-4-2-6-16(22)18(14)24/h1-6,21-24H,7-12H2. The van der Waals surface area contributed by atoms with Gasteiger partial charge in [0.1, 0.15) is 0 Å². The number of phenols is 4. The first-order chi connectivity index (χ1) is 11.5. The van der Waals surface area contributed by atoms with Crippen molar-refractivity contribution in [3.8, 4) is 23.0 Å². The lowest BCUT2D eigenvalue weighted by atomic mass is 10.1. The minimum absolute atomic E-state index is 0.0513. The van der Waals surface area contributed by atoms with Crippen LogP contribution in [0.3, 0.4) is 0 Å².